The van der Waals surface area contributed by atoms with Crippen LogP contribution in [0.15, 0.2) is 5.38 Å². The fraction of sp³-hybridized carbons (Fsp3) is 0.500. The van der Waals surface area contributed by atoms with Gasteiger partial charge in [0, 0.05) is 18.5 Å². The van der Waals surface area contributed by atoms with Gasteiger partial charge in [-0.1, -0.05) is 0 Å². The molecule has 1 aliphatic carbocycles. The second-order valence-corrected chi connectivity index (χ2v) is 5.73. The summed E-state index contributed by atoms with van der Waals surface area (Å²) in [6.45, 7) is 0.117. The first kappa shape index (κ1) is 15.2. The lowest BCUT2D eigenvalue weighted by Gasteiger charge is -2.17. The predicted molar refractivity (Wildman–Crippen MR) is 75.1 cm³/mol. The lowest BCUT2D eigenvalue weighted by Crippen LogP contribution is -2.43. The number of nitrogens with one attached hydrogen (secondary N) is 2. The van der Waals surface area contributed by atoms with Gasteiger partial charge in [0.05, 0.1) is 6.54 Å². The Labute approximate surface area is 125 Å². The molecule has 114 valence electrons. The molecule has 1 aromatic heterocycles. The highest BCUT2D eigenvalue weighted by atomic mass is 32.1. The lowest BCUT2D eigenvalue weighted by molar-refractivity contribution is -0.121. The first-order valence-corrected chi connectivity index (χ1v) is 7.29. The quantitative estimate of drug-likeness (QED) is 0.697. The summed E-state index contributed by atoms with van der Waals surface area (Å²) in [5.74, 6) is -1.28. The van der Waals surface area contributed by atoms with E-state index in [1.165, 1.54) is 17.3 Å². The zero-order valence-electron chi connectivity index (χ0n) is 11.5. The highest BCUT2D eigenvalue weighted by Crippen LogP contribution is 2.18. The SMILES string of the molecule is CN(CC(=O)NC1CC1)C(=O)NCc1nc(C(=O)O)cs1. The van der Waals surface area contributed by atoms with E-state index in [-0.39, 0.29) is 30.7 Å². The second kappa shape index (κ2) is 6.53. The first-order chi connectivity index (χ1) is 9.95. The summed E-state index contributed by atoms with van der Waals surface area (Å²) in [6, 6.07) is -0.147. The average molecular weight is 312 g/mol. The Morgan fingerprint density at radius 1 is 1.48 bits per heavy atom. The molecule has 1 fully saturated rings. The topological polar surface area (TPSA) is 112 Å². The Hall–Kier alpha value is -2.16. The number of nitrogens with zero attached hydrogens (tertiary/aromatic N) is 2. The fourth-order valence-corrected chi connectivity index (χ4v) is 2.27. The number of carboxylic acid groups (broad SMARTS) is 1. The van der Waals surface area contributed by atoms with Crippen LogP contribution >= 0.6 is 11.3 Å². The number of aromatic nitrogens is 1. The molecule has 1 aromatic rings. The molecule has 1 saturated carbocycles. The van der Waals surface area contributed by atoms with Gasteiger partial charge < -0.3 is 20.6 Å². The molecule has 0 bridgehead atoms. The van der Waals surface area contributed by atoms with Gasteiger partial charge >= 0.3 is 12.0 Å². The molecular formula is C12H16N4O4S. The van der Waals surface area contributed by atoms with Crippen LogP contribution in [0.3, 0.4) is 0 Å². The highest BCUT2D eigenvalue weighted by Gasteiger charge is 2.24. The van der Waals surface area contributed by atoms with Crippen molar-refractivity contribution in [1.29, 1.82) is 0 Å². The number of amides is 3. The van der Waals surface area contributed by atoms with E-state index < -0.39 is 12.0 Å². The fourth-order valence-electron chi connectivity index (χ4n) is 1.56. The van der Waals surface area contributed by atoms with Crippen molar-refractivity contribution in [3.63, 3.8) is 0 Å². The third-order valence-electron chi connectivity index (χ3n) is 2.83. The third kappa shape index (κ3) is 4.71. The molecule has 1 aliphatic rings. The van der Waals surface area contributed by atoms with Gasteiger partial charge in [0.15, 0.2) is 5.69 Å². The molecule has 1 heterocycles. The first-order valence-electron chi connectivity index (χ1n) is 6.41. The second-order valence-electron chi connectivity index (χ2n) is 4.79. The van der Waals surface area contributed by atoms with Crippen molar-refractivity contribution < 1.29 is 19.5 Å². The van der Waals surface area contributed by atoms with Gasteiger partial charge in [-0.2, -0.15) is 0 Å². The number of rotatable bonds is 6. The number of carbonyl (C=O) groups excluding carboxylic acids is 2. The van der Waals surface area contributed by atoms with E-state index in [0.717, 1.165) is 24.2 Å². The Morgan fingerprint density at radius 2 is 2.19 bits per heavy atom. The maximum atomic E-state index is 11.8. The minimum Gasteiger partial charge on any atom is -0.476 e. The van der Waals surface area contributed by atoms with Crippen LogP contribution in [0.4, 0.5) is 4.79 Å². The summed E-state index contributed by atoms with van der Waals surface area (Å²) in [5.41, 5.74) is -0.0404. The van der Waals surface area contributed by atoms with Crippen LogP contribution in [-0.4, -0.2) is 52.5 Å². The number of hydrogen-bond donors (Lipinski definition) is 3. The Morgan fingerprint density at radius 3 is 2.76 bits per heavy atom. The Kier molecular flexibility index (Phi) is 4.73. The van der Waals surface area contributed by atoms with Crippen molar-refractivity contribution in [2.75, 3.05) is 13.6 Å². The van der Waals surface area contributed by atoms with Gasteiger partial charge in [-0.15, -0.1) is 11.3 Å². The van der Waals surface area contributed by atoms with Gasteiger partial charge in [0.2, 0.25) is 5.91 Å². The van der Waals surface area contributed by atoms with Crippen LogP contribution in [0, 0.1) is 0 Å². The number of aromatic carboxylic acids is 1. The number of carbonyl (C=O) groups is 3. The lowest BCUT2D eigenvalue weighted by atomic mass is 10.5. The molecule has 21 heavy (non-hydrogen) atoms. The van der Waals surface area contributed by atoms with Gasteiger partial charge in [-0.3, -0.25) is 4.79 Å². The maximum absolute atomic E-state index is 11.8. The minimum absolute atomic E-state index is 0.0133. The minimum atomic E-state index is -1.10. The van der Waals surface area contributed by atoms with E-state index in [1.807, 2.05) is 0 Å². The predicted octanol–water partition coefficient (Wildman–Crippen LogP) is 0.261. The summed E-state index contributed by atoms with van der Waals surface area (Å²) in [6.07, 6.45) is 2.00. The normalized spacial score (nSPS) is 13.6. The number of urea groups is 1. The number of likely N-dealkylation sites (N-methyl/N-ethyl adjacent to an activating group) is 1. The molecule has 9 heteroatoms. The molecule has 8 nitrogen and oxygen atoms in total. The summed E-state index contributed by atoms with van der Waals surface area (Å²) in [7, 11) is 1.52. The van der Waals surface area contributed by atoms with Crippen molar-refractivity contribution in [2.45, 2.75) is 25.4 Å². The standard InChI is InChI=1S/C12H16N4O4S/c1-16(5-9(17)14-7-2-3-7)12(20)13-4-10-15-8(6-21-10)11(18)19/h6-7H,2-5H2,1H3,(H,13,20)(H,14,17)(H,18,19). The smallest absolute Gasteiger partial charge is 0.355 e. The van der Waals surface area contributed by atoms with Crippen molar-refractivity contribution >= 4 is 29.2 Å². The van der Waals surface area contributed by atoms with Crippen LogP contribution in [0.5, 0.6) is 0 Å². The van der Waals surface area contributed by atoms with Crippen LogP contribution in [0.1, 0.15) is 28.3 Å². The van der Waals surface area contributed by atoms with Crippen LogP contribution in [0.2, 0.25) is 0 Å². The van der Waals surface area contributed by atoms with Crippen molar-refractivity contribution in [3.05, 3.63) is 16.1 Å². The van der Waals surface area contributed by atoms with Crippen LogP contribution < -0.4 is 10.6 Å². The molecule has 0 atom stereocenters. The van der Waals surface area contributed by atoms with E-state index in [1.54, 1.807) is 0 Å². The van der Waals surface area contributed by atoms with Gasteiger partial charge in [0.25, 0.3) is 0 Å². The average Bonchev–Trinajstić information content (AvgIpc) is 3.09. The van der Waals surface area contributed by atoms with Crippen molar-refractivity contribution in [3.8, 4) is 0 Å². The highest BCUT2D eigenvalue weighted by molar-refractivity contribution is 7.09. The van der Waals surface area contributed by atoms with Gasteiger partial charge in [-0.25, -0.2) is 14.6 Å². The van der Waals surface area contributed by atoms with Crippen molar-refractivity contribution in [1.82, 2.24) is 20.5 Å². The molecular weight excluding hydrogens is 296 g/mol. The van der Waals surface area contributed by atoms with E-state index in [9.17, 15) is 14.4 Å². The Bertz CT molecular complexity index is 555. The van der Waals surface area contributed by atoms with E-state index in [4.69, 9.17) is 5.11 Å². The zero-order chi connectivity index (χ0) is 15.4. The number of carboxylic acids is 1. The third-order valence-corrected chi connectivity index (χ3v) is 3.68. The largest absolute Gasteiger partial charge is 0.476 e. The van der Waals surface area contributed by atoms with Crippen molar-refractivity contribution in [2.24, 2.45) is 0 Å². The van der Waals surface area contributed by atoms with E-state index in [2.05, 4.69) is 15.6 Å². The summed E-state index contributed by atoms with van der Waals surface area (Å²) in [5, 5.41) is 16.0. The zero-order valence-corrected chi connectivity index (χ0v) is 12.3. The molecule has 3 amide bonds. The summed E-state index contributed by atoms with van der Waals surface area (Å²) >= 11 is 1.16. The molecule has 0 unspecified atom stereocenters. The molecule has 0 radical (unpaired) electrons. The van der Waals surface area contributed by atoms with E-state index >= 15 is 0 Å². The molecule has 0 aromatic carbocycles. The van der Waals surface area contributed by atoms with Crippen LogP contribution in [0.25, 0.3) is 0 Å². The molecule has 3 N–H and O–H groups in total. The monoisotopic (exact) mass is 312 g/mol. The van der Waals surface area contributed by atoms with Gasteiger partial charge in [-0.05, 0) is 12.8 Å². The summed E-state index contributed by atoms with van der Waals surface area (Å²) < 4.78 is 0. The molecule has 2 rings (SSSR count). The molecule has 0 spiro atoms. The summed E-state index contributed by atoms with van der Waals surface area (Å²) in [4.78, 5) is 39.1. The van der Waals surface area contributed by atoms with E-state index in [0.29, 0.717) is 5.01 Å². The molecule has 0 aliphatic heterocycles. The Balaban J connectivity index is 1.74. The number of hydrogen-bond acceptors (Lipinski definition) is 5. The number of thiazole rings is 1. The van der Waals surface area contributed by atoms with Gasteiger partial charge in [0.1, 0.15) is 11.6 Å². The molecule has 0 saturated heterocycles. The maximum Gasteiger partial charge on any atom is 0.355 e. The van der Waals surface area contributed by atoms with Crippen LogP contribution in [-0.2, 0) is 11.3 Å².